The molecule has 23 heavy (non-hydrogen) atoms. The van der Waals surface area contributed by atoms with Gasteiger partial charge >= 0.3 is 0 Å². The van der Waals surface area contributed by atoms with Crippen LogP contribution in [0.4, 0.5) is 11.4 Å². The van der Waals surface area contributed by atoms with Crippen LogP contribution in [0, 0.1) is 0 Å². The highest BCUT2D eigenvalue weighted by Crippen LogP contribution is 2.20. The van der Waals surface area contributed by atoms with E-state index in [1.165, 1.54) is 0 Å². The summed E-state index contributed by atoms with van der Waals surface area (Å²) in [6.45, 7) is 2.01. The van der Waals surface area contributed by atoms with Crippen LogP contribution in [-0.2, 0) is 14.8 Å². The van der Waals surface area contributed by atoms with Crippen molar-refractivity contribution in [2.75, 3.05) is 16.3 Å². The third-order valence-electron chi connectivity index (χ3n) is 3.33. The summed E-state index contributed by atoms with van der Waals surface area (Å²) in [6, 6.07) is 16.4. The second-order valence-corrected chi connectivity index (χ2v) is 7.26. The minimum atomic E-state index is -3.30. The lowest BCUT2D eigenvalue weighted by Crippen LogP contribution is -2.14. The van der Waals surface area contributed by atoms with Crippen molar-refractivity contribution < 1.29 is 13.2 Å². The molecule has 0 spiro atoms. The molecular formula is C17H20N2O3S. The van der Waals surface area contributed by atoms with E-state index in [1.54, 1.807) is 24.3 Å². The van der Waals surface area contributed by atoms with Gasteiger partial charge < -0.3 is 5.32 Å². The molecule has 6 heteroatoms. The zero-order chi connectivity index (χ0) is 16.9. The Morgan fingerprint density at radius 2 is 1.57 bits per heavy atom. The summed E-state index contributed by atoms with van der Waals surface area (Å²) in [4.78, 5) is 12.1. The Kier molecular flexibility index (Phi) is 5.39. The second-order valence-electron chi connectivity index (χ2n) is 5.52. The molecule has 2 rings (SSSR count). The molecule has 0 aromatic heterocycles. The number of anilines is 2. The largest absolute Gasteiger partial charge is 0.326 e. The first-order valence-corrected chi connectivity index (χ1v) is 9.15. The number of amides is 1. The molecule has 0 radical (unpaired) electrons. The Balaban J connectivity index is 1.93. The minimum absolute atomic E-state index is 0.0785. The maximum absolute atomic E-state index is 12.1. The van der Waals surface area contributed by atoms with Crippen molar-refractivity contribution in [2.24, 2.45) is 0 Å². The normalized spacial score (nSPS) is 12.4. The van der Waals surface area contributed by atoms with Gasteiger partial charge in [-0.1, -0.05) is 37.3 Å². The number of hydrogen-bond donors (Lipinski definition) is 2. The van der Waals surface area contributed by atoms with Crippen LogP contribution in [-0.4, -0.2) is 20.6 Å². The molecule has 5 nitrogen and oxygen atoms in total. The summed E-state index contributed by atoms with van der Waals surface area (Å²) < 4.78 is 24.7. The van der Waals surface area contributed by atoms with Gasteiger partial charge in [-0.2, -0.15) is 0 Å². The molecule has 1 unspecified atom stereocenters. The van der Waals surface area contributed by atoms with Crippen LogP contribution >= 0.6 is 0 Å². The van der Waals surface area contributed by atoms with Crippen LogP contribution < -0.4 is 10.0 Å². The SMILES string of the molecule is CC(CC(=O)Nc1ccc(NS(C)(=O)=O)cc1)c1ccccc1. The third kappa shape index (κ3) is 5.75. The molecule has 2 aromatic carbocycles. The van der Waals surface area contributed by atoms with Gasteiger partial charge in [0.1, 0.15) is 0 Å². The lowest BCUT2D eigenvalue weighted by atomic mass is 9.97. The quantitative estimate of drug-likeness (QED) is 0.853. The Bertz CT molecular complexity index is 756. The van der Waals surface area contributed by atoms with Gasteiger partial charge in [-0.05, 0) is 35.7 Å². The van der Waals surface area contributed by atoms with E-state index in [0.29, 0.717) is 17.8 Å². The second kappa shape index (κ2) is 7.28. The average molecular weight is 332 g/mol. The van der Waals surface area contributed by atoms with Crippen LogP contribution in [0.15, 0.2) is 54.6 Å². The Morgan fingerprint density at radius 1 is 1.00 bits per heavy atom. The fourth-order valence-corrected chi connectivity index (χ4v) is 2.79. The van der Waals surface area contributed by atoms with Crippen molar-refractivity contribution in [1.82, 2.24) is 0 Å². The number of carbonyl (C=O) groups excluding carboxylic acids is 1. The lowest BCUT2D eigenvalue weighted by Gasteiger charge is -2.12. The minimum Gasteiger partial charge on any atom is -0.326 e. The molecule has 1 amide bonds. The maximum atomic E-state index is 12.1. The standard InChI is InChI=1S/C17H20N2O3S/c1-13(14-6-4-3-5-7-14)12-17(20)18-15-8-10-16(11-9-15)19-23(2,21)22/h3-11,13,19H,12H2,1-2H3,(H,18,20). The van der Waals surface area contributed by atoms with E-state index in [2.05, 4.69) is 10.0 Å². The summed E-state index contributed by atoms with van der Waals surface area (Å²) in [5, 5.41) is 2.82. The molecule has 122 valence electrons. The van der Waals surface area contributed by atoms with E-state index in [9.17, 15) is 13.2 Å². The van der Waals surface area contributed by atoms with Crippen LogP contribution in [0.25, 0.3) is 0 Å². The topological polar surface area (TPSA) is 75.3 Å². The zero-order valence-electron chi connectivity index (χ0n) is 13.1. The Hall–Kier alpha value is -2.34. The Labute approximate surface area is 136 Å². The van der Waals surface area contributed by atoms with Crippen LogP contribution in [0.3, 0.4) is 0 Å². The summed E-state index contributed by atoms with van der Waals surface area (Å²) >= 11 is 0. The monoisotopic (exact) mass is 332 g/mol. The number of benzene rings is 2. The van der Waals surface area contributed by atoms with E-state index >= 15 is 0 Å². The first kappa shape index (κ1) is 17.0. The number of nitrogens with one attached hydrogen (secondary N) is 2. The first-order chi connectivity index (χ1) is 10.8. The van der Waals surface area contributed by atoms with Crippen LogP contribution in [0.5, 0.6) is 0 Å². The van der Waals surface area contributed by atoms with E-state index in [-0.39, 0.29) is 11.8 Å². The van der Waals surface area contributed by atoms with Crippen molar-refractivity contribution >= 4 is 27.3 Å². The number of hydrogen-bond acceptors (Lipinski definition) is 3. The zero-order valence-corrected chi connectivity index (χ0v) is 13.9. The molecule has 0 heterocycles. The number of rotatable bonds is 6. The lowest BCUT2D eigenvalue weighted by molar-refractivity contribution is -0.116. The van der Waals surface area contributed by atoms with E-state index in [0.717, 1.165) is 11.8 Å². The summed E-state index contributed by atoms with van der Waals surface area (Å²) in [5.41, 5.74) is 2.22. The number of carbonyl (C=O) groups is 1. The molecule has 0 bridgehead atoms. The maximum Gasteiger partial charge on any atom is 0.229 e. The highest BCUT2D eigenvalue weighted by Gasteiger charge is 2.11. The fraction of sp³-hybridized carbons (Fsp3) is 0.235. The van der Waals surface area contributed by atoms with Gasteiger partial charge in [0.2, 0.25) is 15.9 Å². The van der Waals surface area contributed by atoms with Gasteiger partial charge in [0.05, 0.1) is 6.26 Å². The molecule has 0 aliphatic carbocycles. The molecule has 0 aliphatic rings. The average Bonchev–Trinajstić information content (AvgIpc) is 2.48. The van der Waals surface area contributed by atoms with Gasteiger partial charge in [0.15, 0.2) is 0 Å². The molecule has 0 saturated carbocycles. The van der Waals surface area contributed by atoms with E-state index in [1.807, 2.05) is 37.3 Å². The highest BCUT2D eigenvalue weighted by molar-refractivity contribution is 7.92. The predicted molar refractivity (Wildman–Crippen MR) is 93.0 cm³/mol. The predicted octanol–water partition coefficient (Wildman–Crippen LogP) is 3.19. The summed E-state index contributed by atoms with van der Waals surface area (Å²) in [7, 11) is -3.30. The Morgan fingerprint density at radius 3 is 2.13 bits per heavy atom. The molecule has 2 N–H and O–H groups in total. The molecule has 2 aromatic rings. The van der Waals surface area contributed by atoms with Crippen molar-refractivity contribution in [3.8, 4) is 0 Å². The van der Waals surface area contributed by atoms with Crippen molar-refractivity contribution in [2.45, 2.75) is 19.3 Å². The van der Waals surface area contributed by atoms with E-state index in [4.69, 9.17) is 0 Å². The van der Waals surface area contributed by atoms with Gasteiger partial charge in [-0.25, -0.2) is 8.42 Å². The summed E-state index contributed by atoms with van der Waals surface area (Å²) in [6.07, 6.45) is 1.47. The van der Waals surface area contributed by atoms with Crippen molar-refractivity contribution in [3.63, 3.8) is 0 Å². The van der Waals surface area contributed by atoms with Gasteiger partial charge in [0, 0.05) is 17.8 Å². The van der Waals surface area contributed by atoms with Crippen LogP contribution in [0.2, 0.25) is 0 Å². The van der Waals surface area contributed by atoms with Gasteiger partial charge in [-0.3, -0.25) is 9.52 Å². The summed E-state index contributed by atoms with van der Waals surface area (Å²) in [5.74, 6) is 0.0487. The highest BCUT2D eigenvalue weighted by atomic mass is 32.2. The third-order valence-corrected chi connectivity index (χ3v) is 3.94. The van der Waals surface area contributed by atoms with E-state index < -0.39 is 10.0 Å². The molecule has 1 atom stereocenters. The van der Waals surface area contributed by atoms with Gasteiger partial charge in [-0.15, -0.1) is 0 Å². The molecule has 0 aliphatic heterocycles. The molecule has 0 saturated heterocycles. The van der Waals surface area contributed by atoms with Crippen LogP contribution in [0.1, 0.15) is 24.8 Å². The fourth-order valence-electron chi connectivity index (χ4n) is 2.23. The van der Waals surface area contributed by atoms with Crippen molar-refractivity contribution in [1.29, 1.82) is 0 Å². The van der Waals surface area contributed by atoms with Gasteiger partial charge in [0.25, 0.3) is 0 Å². The molecule has 0 fully saturated rings. The van der Waals surface area contributed by atoms with Crippen molar-refractivity contribution in [3.05, 3.63) is 60.2 Å². The molecular weight excluding hydrogens is 312 g/mol. The first-order valence-electron chi connectivity index (χ1n) is 7.26. The smallest absolute Gasteiger partial charge is 0.229 e. The number of sulfonamides is 1.